The molecule has 0 saturated heterocycles. The smallest absolute Gasteiger partial charge is 0.339 e. The number of amides is 2. The summed E-state index contributed by atoms with van der Waals surface area (Å²) in [4.78, 5) is 45.3. The van der Waals surface area contributed by atoms with E-state index < -0.39 is 27.5 Å². The quantitative estimate of drug-likeness (QED) is 0.251. The lowest BCUT2D eigenvalue weighted by Gasteiger charge is -2.10. The van der Waals surface area contributed by atoms with Crippen LogP contribution in [-0.2, 0) is 4.74 Å². The van der Waals surface area contributed by atoms with Crippen LogP contribution in [0, 0.1) is 20.2 Å². The van der Waals surface area contributed by atoms with Crippen molar-refractivity contribution in [2.75, 3.05) is 6.61 Å². The van der Waals surface area contributed by atoms with Crippen LogP contribution in [-0.4, -0.2) is 34.2 Å². The van der Waals surface area contributed by atoms with Gasteiger partial charge in [-0.15, -0.1) is 0 Å². The molecule has 0 saturated carbocycles. The minimum absolute atomic E-state index is 0.00110. The first-order chi connectivity index (χ1) is 14.7. The number of fused-ring (bicyclic) bond motifs is 3. The average molecular weight is 427 g/mol. The number of rotatable bonds is 7. The van der Waals surface area contributed by atoms with E-state index in [1.807, 2.05) is 12.3 Å². The number of hydrazone groups is 1. The van der Waals surface area contributed by atoms with Gasteiger partial charge in [0.05, 0.1) is 27.7 Å². The van der Waals surface area contributed by atoms with Crippen LogP contribution in [0.2, 0.25) is 0 Å². The first-order valence-corrected chi connectivity index (χ1v) is 9.16. The second-order valence-electron chi connectivity index (χ2n) is 6.59. The number of non-ortho nitro benzene ring substituents is 2. The van der Waals surface area contributed by atoms with Crippen molar-refractivity contribution in [3.63, 3.8) is 0 Å². The Bertz CT molecular complexity index is 1140. The molecule has 2 amide bonds. The fourth-order valence-electron chi connectivity index (χ4n) is 3.19. The highest BCUT2D eigenvalue weighted by atomic mass is 16.6. The van der Waals surface area contributed by atoms with Crippen molar-refractivity contribution in [3.05, 3.63) is 67.3 Å². The van der Waals surface area contributed by atoms with Crippen molar-refractivity contribution in [2.45, 2.75) is 19.8 Å². The van der Waals surface area contributed by atoms with E-state index in [9.17, 15) is 29.8 Å². The molecule has 0 radical (unpaired) electrons. The summed E-state index contributed by atoms with van der Waals surface area (Å²) in [5.74, 6) is -0.776. The van der Waals surface area contributed by atoms with E-state index in [0.29, 0.717) is 12.0 Å². The van der Waals surface area contributed by atoms with Gasteiger partial charge in [-0.3, -0.25) is 20.2 Å². The zero-order chi connectivity index (χ0) is 22.7. The average Bonchev–Trinajstić information content (AvgIpc) is 3.04. The van der Waals surface area contributed by atoms with Gasteiger partial charge < -0.3 is 10.5 Å². The molecule has 1 aliphatic carbocycles. The zero-order valence-corrected chi connectivity index (χ0v) is 16.3. The standard InChI is InChI=1S/C19H17N5O7/c1-2-3-6-31-18(25)15-9-11(24(29)30)8-14-16(15)12-5-4-10(23(27)28)7-13(12)17(14)21-22-19(20)26/h4-5,7-9H,2-3,6H2,1H3,(H3,20,22,26)/b21-17-. The third-order valence-corrected chi connectivity index (χ3v) is 4.56. The van der Waals surface area contributed by atoms with Crippen molar-refractivity contribution >= 4 is 29.1 Å². The Morgan fingerprint density at radius 2 is 1.74 bits per heavy atom. The Morgan fingerprint density at radius 1 is 1.06 bits per heavy atom. The molecular formula is C19H17N5O7. The maximum Gasteiger partial charge on any atom is 0.339 e. The maximum absolute atomic E-state index is 12.7. The largest absolute Gasteiger partial charge is 0.462 e. The normalized spacial score (nSPS) is 12.7. The number of unbranched alkanes of at least 4 members (excludes halogenated alkanes) is 1. The molecule has 0 heterocycles. The van der Waals surface area contributed by atoms with Crippen LogP contribution in [0.1, 0.15) is 41.3 Å². The minimum atomic E-state index is -1.00. The molecule has 1 aliphatic rings. The van der Waals surface area contributed by atoms with Crippen LogP contribution in [0.3, 0.4) is 0 Å². The second kappa shape index (κ2) is 8.57. The SMILES string of the molecule is CCCCOC(=O)c1cc([N+](=O)[O-])cc2c1-c1ccc([N+](=O)[O-])cc1/C2=N/NC(N)=O. The van der Waals surface area contributed by atoms with Gasteiger partial charge in [0.25, 0.3) is 11.4 Å². The van der Waals surface area contributed by atoms with Crippen LogP contribution in [0.25, 0.3) is 11.1 Å². The fraction of sp³-hybridized carbons (Fsp3) is 0.211. The number of ether oxygens (including phenoxy) is 1. The highest BCUT2D eigenvalue weighted by Crippen LogP contribution is 2.43. The summed E-state index contributed by atoms with van der Waals surface area (Å²) in [6.45, 7) is 2.04. The zero-order valence-electron chi connectivity index (χ0n) is 16.3. The third-order valence-electron chi connectivity index (χ3n) is 4.56. The van der Waals surface area contributed by atoms with E-state index >= 15 is 0 Å². The molecule has 2 aromatic carbocycles. The number of carbonyl (C=O) groups excluding carboxylic acids is 2. The molecule has 0 spiro atoms. The Labute approximate surface area is 175 Å². The molecule has 0 aromatic heterocycles. The summed E-state index contributed by atoms with van der Waals surface area (Å²) >= 11 is 0. The fourth-order valence-corrected chi connectivity index (χ4v) is 3.19. The topological polar surface area (TPSA) is 180 Å². The highest BCUT2D eigenvalue weighted by Gasteiger charge is 2.34. The molecule has 3 rings (SSSR count). The highest BCUT2D eigenvalue weighted by molar-refractivity contribution is 6.27. The molecule has 3 N–H and O–H groups in total. The summed E-state index contributed by atoms with van der Waals surface area (Å²) in [5.41, 5.74) is 7.33. The van der Waals surface area contributed by atoms with Crippen LogP contribution < -0.4 is 11.2 Å². The van der Waals surface area contributed by atoms with E-state index in [0.717, 1.165) is 12.5 Å². The molecule has 0 unspecified atom stereocenters. The van der Waals surface area contributed by atoms with Gasteiger partial charge in [-0.05, 0) is 18.1 Å². The van der Waals surface area contributed by atoms with Gasteiger partial charge in [-0.25, -0.2) is 15.0 Å². The van der Waals surface area contributed by atoms with E-state index in [-0.39, 0.29) is 40.3 Å². The number of benzene rings is 2. The molecule has 160 valence electrons. The van der Waals surface area contributed by atoms with Crippen molar-refractivity contribution in [3.8, 4) is 11.1 Å². The summed E-state index contributed by atoms with van der Waals surface area (Å²) in [6, 6.07) is 5.11. The molecule has 0 atom stereocenters. The summed E-state index contributed by atoms with van der Waals surface area (Å²) in [5, 5.41) is 26.6. The van der Waals surface area contributed by atoms with Gasteiger partial charge in [0.1, 0.15) is 0 Å². The van der Waals surface area contributed by atoms with Crippen LogP contribution in [0.5, 0.6) is 0 Å². The van der Waals surface area contributed by atoms with Gasteiger partial charge in [-0.1, -0.05) is 13.3 Å². The summed E-state index contributed by atoms with van der Waals surface area (Å²) in [7, 11) is 0. The second-order valence-corrected chi connectivity index (χ2v) is 6.59. The molecule has 0 bridgehead atoms. The minimum Gasteiger partial charge on any atom is -0.462 e. The van der Waals surface area contributed by atoms with Crippen molar-refractivity contribution < 1.29 is 24.2 Å². The number of nitrogens with zero attached hydrogens (tertiary/aromatic N) is 3. The lowest BCUT2D eigenvalue weighted by atomic mass is 9.98. The van der Waals surface area contributed by atoms with Crippen molar-refractivity contribution in [1.82, 2.24) is 5.43 Å². The predicted octanol–water partition coefficient (Wildman–Crippen LogP) is 2.86. The van der Waals surface area contributed by atoms with Crippen LogP contribution in [0.4, 0.5) is 16.2 Å². The van der Waals surface area contributed by atoms with Gasteiger partial charge in [0.2, 0.25) is 0 Å². The van der Waals surface area contributed by atoms with Gasteiger partial charge in [0.15, 0.2) is 0 Å². The molecule has 0 aliphatic heterocycles. The number of urea groups is 1. The molecule has 2 aromatic rings. The van der Waals surface area contributed by atoms with E-state index in [2.05, 4.69) is 5.10 Å². The van der Waals surface area contributed by atoms with Crippen molar-refractivity contribution in [1.29, 1.82) is 0 Å². The number of hydrogen-bond acceptors (Lipinski definition) is 8. The molecule has 0 fully saturated rings. The van der Waals surface area contributed by atoms with E-state index in [1.54, 1.807) is 0 Å². The van der Waals surface area contributed by atoms with Gasteiger partial charge >= 0.3 is 12.0 Å². The monoisotopic (exact) mass is 427 g/mol. The molecule has 12 nitrogen and oxygen atoms in total. The predicted molar refractivity (Wildman–Crippen MR) is 109 cm³/mol. The van der Waals surface area contributed by atoms with Gasteiger partial charge in [-0.2, -0.15) is 5.10 Å². The Hall–Kier alpha value is -4.35. The Balaban J connectivity index is 2.27. The summed E-state index contributed by atoms with van der Waals surface area (Å²) < 4.78 is 5.24. The third kappa shape index (κ3) is 4.17. The molecule has 31 heavy (non-hydrogen) atoms. The van der Waals surface area contributed by atoms with Crippen LogP contribution >= 0.6 is 0 Å². The van der Waals surface area contributed by atoms with E-state index in [4.69, 9.17) is 10.5 Å². The first-order valence-electron chi connectivity index (χ1n) is 9.16. The number of nitrogens with two attached hydrogens (primary N) is 1. The Morgan fingerprint density at radius 3 is 2.35 bits per heavy atom. The number of hydrogen-bond donors (Lipinski definition) is 2. The first kappa shape index (κ1) is 21.4. The molecule has 12 heteroatoms. The number of nitro groups is 2. The lowest BCUT2D eigenvalue weighted by Crippen LogP contribution is -2.26. The lowest BCUT2D eigenvalue weighted by molar-refractivity contribution is -0.385. The number of carbonyl (C=O) groups is 2. The maximum atomic E-state index is 12.7. The van der Waals surface area contributed by atoms with Crippen LogP contribution in [0.15, 0.2) is 35.4 Å². The Kier molecular flexibility index (Phi) is 5.90. The number of primary amides is 1. The number of nitro benzene ring substituents is 2. The number of esters is 1. The van der Waals surface area contributed by atoms with Crippen molar-refractivity contribution in [2.24, 2.45) is 10.8 Å². The van der Waals surface area contributed by atoms with E-state index in [1.165, 1.54) is 24.3 Å². The molecular weight excluding hydrogens is 410 g/mol. The summed E-state index contributed by atoms with van der Waals surface area (Å²) in [6.07, 6.45) is 1.39. The number of nitrogens with one attached hydrogen (secondary N) is 1. The van der Waals surface area contributed by atoms with Gasteiger partial charge in [0, 0.05) is 41.0 Å².